The second kappa shape index (κ2) is 5.20. The van der Waals surface area contributed by atoms with Crippen LogP contribution in [0.4, 0.5) is 4.39 Å². The van der Waals surface area contributed by atoms with Crippen molar-refractivity contribution in [3.8, 4) is 11.8 Å². The van der Waals surface area contributed by atoms with E-state index in [4.69, 9.17) is 28.5 Å². The zero-order valence-electron chi connectivity index (χ0n) is 10.3. The molecule has 98 valence electrons. The molecule has 0 aliphatic carbocycles. The van der Waals surface area contributed by atoms with Gasteiger partial charge in [-0.2, -0.15) is 10.4 Å². The third-order valence-electron chi connectivity index (χ3n) is 2.66. The Morgan fingerprint density at radius 2 is 2.05 bits per heavy atom. The van der Waals surface area contributed by atoms with Gasteiger partial charge in [-0.25, -0.2) is 9.07 Å². The van der Waals surface area contributed by atoms with Crippen LogP contribution in [0.1, 0.15) is 31.0 Å². The number of nitrogens with zero attached hydrogens (tertiary/aromatic N) is 3. The summed E-state index contributed by atoms with van der Waals surface area (Å²) in [4.78, 5) is 0. The fraction of sp³-hybridized carbons (Fsp3) is 0.231. The molecular formula is C13H10Cl2FN3. The molecule has 1 aromatic carbocycles. The van der Waals surface area contributed by atoms with Crippen LogP contribution in [-0.4, -0.2) is 9.78 Å². The molecule has 0 radical (unpaired) electrons. The van der Waals surface area contributed by atoms with E-state index >= 15 is 0 Å². The first-order valence-electron chi connectivity index (χ1n) is 5.60. The molecule has 0 aliphatic heterocycles. The van der Waals surface area contributed by atoms with Gasteiger partial charge in [0.2, 0.25) is 0 Å². The van der Waals surface area contributed by atoms with E-state index in [2.05, 4.69) is 5.10 Å². The van der Waals surface area contributed by atoms with Crippen molar-refractivity contribution in [1.82, 2.24) is 9.78 Å². The lowest BCUT2D eigenvalue weighted by atomic mass is 10.1. The van der Waals surface area contributed by atoms with Crippen LogP contribution in [0.2, 0.25) is 10.2 Å². The molecule has 0 saturated carbocycles. The van der Waals surface area contributed by atoms with Crippen molar-refractivity contribution in [3.05, 3.63) is 45.4 Å². The molecule has 6 heteroatoms. The number of rotatable bonds is 2. The number of nitriles is 1. The molecule has 1 aromatic heterocycles. The van der Waals surface area contributed by atoms with E-state index in [9.17, 15) is 4.39 Å². The molecule has 0 spiro atoms. The Morgan fingerprint density at radius 3 is 2.53 bits per heavy atom. The molecule has 2 rings (SSSR count). The summed E-state index contributed by atoms with van der Waals surface area (Å²) >= 11 is 12.1. The van der Waals surface area contributed by atoms with E-state index in [-0.39, 0.29) is 27.3 Å². The van der Waals surface area contributed by atoms with Crippen molar-refractivity contribution in [1.29, 1.82) is 5.26 Å². The lowest BCUT2D eigenvalue weighted by molar-refractivity contribution is 0.609. The van der Waals surface area contributed by atoms with Gasteiger partial charge >= 0.3 is 0 Å². The topological polar surface area (TPSA) is 41.6 Å². The minimum atomic E-state index is -0.545. The van der Waals surface area contributed by atoms with Crippen LogP contribution in [0, 0.1) is 17.1 Å². The Morgan fingerprint density at radius 1 is 1.37 bits per heavy atom. The van der Waals surface area contributed by atoms with Crippen LogP contribution >= 0.6 is 23.2 Å². The van der Waals surface area contributed by atoms with E-state index < -0.39 is 5.82 Å². The third-order valence-corrected chi connectivity index (χ3v) is 3.32. The summed E-state index contributed by atoms with van der Waals surface area (Å²) in [5.41, 5.74) is 0.820. The van der Waals surface area contributed by atoms with E-state index in [1.54, 1.807) is 6.07 Å². The molecule has 0 atom stereocenters. The molecule has 19 heavy (non-hydrogen) atoms. The maximum Gasteiger partial charge on any atom is 0.151 e. The smallest absolute Gasteiger partial charge is 0.151 e. The third kappa shape index (κ3) is 2.32. The maximum absolute atomic E-state index is 13.9. The monoisotopic (exact) mass is 297 g/mol. The fourth-order valence-corrected chi connectivity index (χ4v) is 2.26. The first kappa shape index (κ1) is 13.9. The Hall–Kier alpha value is -1.57. The quantitative estimate of drug-likeness (QED) is 0.828. The number of halogens is 3. The number of hydrogen-bond donors (Lipinski definition) is 0. The van der Waals surface area contributed by atoms with Gasteiger partial charge in [0.05, 0.1) is 10.7 Å². The molecule has 0 amide bonds. The van der Waals surface area contributed by atoms with E-state index in [1.165, 1.54) is 16.8 Å². The Kier molecular flexibility index (Phi) is 3.79. The van der Waals surface area contributed by atoms with E-state index in [1.807, 2.05) is 19.9 Å². The average molecular weight is 298 g/mol. The fourth-order valence-electron chi connectivity index (χ4n) is 1.76. The lowest BCUT2D eigenvalue weighted by Crippen LogP contribution is -2.02. The zero-order chi connectivity index (χ0) is 14.2. The summed E-state index contributed by atoms with van der Waals surface area (Å²) in [6.07, 6.45) is 0. The molecule has 3 nitrogen and oxygen atoms in total. The van der Waals surface area contributed by atoms with Crippen molar-refractivity contribution in [3.63, 3.8) is 0 Å². The second-order valence-electron chi connectivity index (χ2n) is 4.30. The highest BCUT2D eigenvalue weighted by Gasteiger charge is 2.22. The van der Waals surface area contributed by atoms with Crippen molar-refractivity contribution < 1.29 is 4.39 Å². The number of aromatic nitrogens is 2. The minimum Gasteiger partial charge on any atom is -0.216 e. The first-order chi connectivity index (χ1) is 8.97. The van der Waals surface area contributed by atoms with Crippen LogP contribution < -0.4 is 0 Å². The van der Waals surface area contributed by atoms with Gasteiger partial charge in [0.15, 0.2) is 5.15 Å². The SMILES string of the molecule is CC(C)c1nn(-c2c(F)cccc2Cl)c(Cl)c1C#N. The van der Waals surface area contributed by atoms with Crippen LogP contribution in [0.25, 0.3) is 5.69 Å². The highest BCUT2D eigenvalue weighted by atomic mass is 35.5. The van der Waals surface area contributed by atoms with Gasteiger partial charge < -0.3 is 0 Å². The second-order valence-corrected chi connectivity index (χ2v) is 5.06. The van der Waals surface area contributed by atoms with Crippen molar-refractivity contribution >= 4 is 23.2 Å². The minimum absolute atomic E-state index is 0.000973. The summed E-state index contributed by atoms with van der Waals surface area (Å²) < 4.78 is 15.0. The molecular weight excluding hydrogens is 288 g/mol. The number of benzene rings is 1. The highest BCUT2D eigenvalue weighted by molar-refractivity contribution is 6.33. The van der Waals surface area contributed by atoms with Crippen molar-refractivity contribution in [2.75, 3.05) is 0 Å². The molecule has 2 aromatic rings. The molecule has 0 aliphatic rings. The largest absolute Gasteiger partial charge is 0.216 e. The summed E-state index contributed by atoms with van der Waals surface area (Å²) in [5.74, 6) is -0.546. The molecule has 0 saturated heterocycles. The summed E-state index contributed by atoms with van der Waals surface area (Å²) in [6.45, 7) is 3.76. The molecule has 0 N–H and O–H groups in total. The van der Waals surface area contributed by atoms with Crippen molar-refractivity contribution in [2.45, 2.75) is 19.8 Å². The van der Waals surface area contributed by atoms with Crippen molar-refractivity contribution in [2.24, 2.45) is 0 Å². The molecule has 0 fully saturated rings. The van der Waals surface area contributed by atoms with Gasteiger partial charge in [-0.15, -0.1) is 0 Å². The molecule has 0 bridgehead atoms. The van der Waals surface area contributed by atoms with Gasteiger partial charge in [-0.1, -0.05) is 43.1 Å². The first-order valence-corrected chi connectivity index (χ1v) is 6.35. The van der Waals surface area contributed by atoms with Gasteiger partial charge in [-0.05, 0) is 18.1 Å². The predicted molar refractivity (Wildman–Crippen MR) is 72.3 cm³/mol. The summed E-state index contributed by atoms with van der Waals surface area (Å²) in [5, 5.41) is 13.6. The molecule has 0 unspecified atom stereocenters. The zero-order valence-corrected chi connectivity index (χ0v) is 11.8. The number of para-hydroxylation sites is 1. The molecule has 1 heterocycles. The average Bonchev–Trinajstić information content (AvgIpc) is 2.67. The van der Waals surface area contributed by atoms with Crippen LogP contribution in [0.3, 0.4) is 0 Å². The van der Waals surface area contributed by atoms with E-state index in [0.717, 1.165) is 0 Å². The van der Waals surface area contributed by atoms with Gasteiger partial charge in [0, 0.05) is 0 Å². The van der Waals surface area contributed by atoms with Gasteiger partial charge in [0.1, 0.15) is 23.1 Å². The number of hydrogen-bond acceptors (Lipinski definition) is 2. The van der Waals surface area contributed by atoms with Crippen LogP contribution in [-0.2, 0) is 0 Å². The highest BCUT2D eigenvalue weighted by Crippen LogP contribution is 2.31. The summed E-state index contributed by atoms with van der Waals surface area (Å²) in [6, 6.07) is 6.29. The van der Waals surface area contributed by atoms with E-state index in [0.29, 0.717) is 5.69 Å². The Balaban J connectivity index is 2.75. The van der Waals surface area contributed by atoms with Crippen LogP contribution in [0.15, 0.2) is 18.2 Å². The van der Waals surface area contributed by atoms with Gasteiger partial charge in [0.25, 0.3) is 0 Å². The standard InChI is InChI=1S/C13H10Cl2FN3/c1-7(2)11-8(6-17)13(15)19(18-11)12-9(14)4-3-5-10(12)16/h3-5,7H,1-2H3. The van der Waals surface area contributed by atoms with Gasteiger partial charge in [-0.3, -0.25) is 0 Å². The Labute approximate surface area is 120 Å². The normalized spacial score (nSPS) is 10.8. The predicted octanol–water partition coefficient (Wildman–Crippen LogP) is 4.31. The Bertz CT molecular complexity index is 651. The maximum atomic E-state index is 13.9. The summed E-state index contributed by atoms with van der Waals surface area (Å²) in [7, 11) is 0. The lowest BCUT2D eigenvalue weighted by Gasteiger charge is -2.06. The van der Waals surface area contributed by atoms with Crippen LogP contribution in [0.5, 0.6) is 0 Å².